The van der Waals surface area contributed by atoms with Gasteiger partial charge in [-0.25, -0.2) is 0 Å². The van der Waals surface area contributed by atoms with Gasteiger partial charge in [0.15, 0.2) is 0 Å². The summed E-state index contributed by atoms with van der Waals surface area (Å²) in [5, 5.41) is 0. The molecule has 4 nitrogen and oxygen atoms in total. The number of hydrogen-bond acceptors (Lipinski definition) is 3. The fourth-order valence-electron chi connectivity index (χ4n) is 2.46. The van der Waals surface area contributed by atoms with Gasteiger partial charge >= 0.3 is 0 Å². The van der Waals surface area contributed by atoms with Gasteiger partial charge in [-0.2, -0.15) is 0 Å². The third-order valence-corrected chi connectivity index (χ3v) is 3.73. The summed E-state index contributed by atoms with van der Waals surface area (Å²) in [4.78, 5) is 16.4. The predicted molar refractivity (Wildman–Crippen MR) is 85.9 cm³/mol. The molecule has 1 atom stereocenters. The van der Waals surface area contributed by atoms with Crippen LogP contribution in [0.4, 0.5) is 5.69 Å². The highest BCUT2D eigenvalue weighted by atomic mass is 16.5. The van der Waals surface area contributed by atoms with Crippen LogP contribution in [-0.2, 0) is 4.74 Å². The predicted octanol–water partition coefficient (Wildman–Crippen LogP) is 2.64. The Bertz CT molecular complexity index is 468. The van der Waals surface area contributed by atoms with E-state index in [0.29, 0.717) is 12.5 Å². The Hall–Kier alpha value is -1.55. The Morgan fingerprint density at radius 2 is 2.00 bits per heavy atom. The minimum Gasteiger partial charge on any atom is -0.378 e. The molecule has 1 amide bonds. The molecule has 0 spiro atoms. The molecule has 0 saturated carbocycles. The molecule has 116 valence electrons. The van der Waals surface area contributed by atoms with E-state index in [1.54, 1.807) is 0 Å². The van der Waals surface area contributed by atoms with Crippen molar-refractivity contribution in [1.82, 2.24) is 4.90 Å². The number of likely N-dealkylation sites (tertiary alicyclic amines) is 1. The number of rotatable bonds is 5. The zero-order valence-corrected chi connectivity index (χ0v) is 13.5. The average Bonchev–Trinajstić information content (AvgIpc) is 2.93. The van der Waals surface area contributed by atoms with Gasteiger partial charge in [0.2, 0.25) is 0 Å². The van der Waals surface area contributed by atoms with Gasteiger partial charge < -0.3 is 14.5 Å². The van der Waals surface area contributed by atoms with Crippen molar-refractivity contribution in [3.05, 3.63) is 29.8 Å². The van der Waals surface area contributed by atoms with Gasteiger partial charge in [-0.1, -0.05) is 13.8 Å². The highest BCUT2D eigenvalue weighted by Gasteiger charge is 2.27. The zero-order chi connectivity index (χ0) is 15.4. The van der Waals surface area contributed by atoms with E-state index in [0.717, 1.165) is 30.8 Å². The van der Waals surface area contributed by atoms with E-state index in [1.165, 1.54) is 0 Å². The number of benzene rings is 1. The molecule has 2 rings (SSSR count). The standard InChI is InChI=1S/C17H26N2O2/c1-13(2)12-21-16-9-10-19(11-16)17(20)14-5-7-15(8-6-14)18(3)4/h5-8,13,16H,9-12H2,1-4H3. The lowest BCUT2D eigenvalue weighted by molar-refractivity contribution is 0.0396. The van der Waals surface area contributed by atoms with Crippen LogP contribution in [0.15, 0.2) is 24.3 Å². The summed E-state index contributed by atoms with van der Waals surface area (Å²) >= 11 is 0. The monoisotopic (exact) mass is 290 g/mol. The molecule has 1 unspecified atom stereocenters. The summed E-state index contributed by atoms with van der Waals surface area (Å²) in [6.07, 6.45) is 1.13. The van der Waals surface area contributed by atoms with E-state index in [9.17, 15) is 4.79 Å². The molecule has 4 heteroatoms. The molecule has 1 aliphatic rings. The van der Waals surface area contributed by atoms with E-state index in [4.69, 9.17) is 4.74 Å². The number of amides is 1. The van der Waals surface area contributed by atoms with Crippen LogP contribution in [0.3, 0.4) is 0 Å². The molecular weight excluding hydrogens is 264 g/mol. The summed E-state index contributed by atoms with van der Waals surface area (Å²) in [6.45, 7) is 6.55. The van der Waals surface area contributed by atoms with E-state index in [1.807, 2.05) is 48.2 Å². The third kappa shape index (κ3) is 4.21. The Kier molecular flexibility index (Phi) is 5.23. The highest BCUT2D eigenvalue weighted by Crippen LogP contribution is 2.18. The van der Waals surface area contributed by atoms with Crippen molar-refractivity contribution in [1.29, 1.82) is 0 Å². The smallest absolute Gasteiger partial charge is 0.253 e. The van der Waals surface area contributed by atoms with Crippen LogP contribution in [0, 0.1) is 5.92 Å². The summed E-state index contributed by atoms with van der Waals surface area (Å²) in [5.41, 5.74) is 1.86. The summed E-state index contributed by atoms with van der Waals surface area (Å²) < 4.78 is 5.83. The number of nitrogens with zero attached hydrogens (tertiary/aromatic N) is 2. The van der Waals surface area contributed by atoms with Gasteiger partial charge in [0.1, 0.15) is 0 Å². The number of hydrogen-bond donors (Lipinski definition) is 0. The van der Waals surface area contributed by atoms with Crippen molar-refractivity contribution in [2.24, 2.45) is 5.92 Å². The number of anilines is 1. The molecule has 21 heavy (non-hydrogen) atoms. The van der Waals surface area contributed by atoms with Crippen molar-refractivity contribution in [3.63, 3.8) is 0 Å². The molecule has 0 aromatic heterocycles. The first-order valence-corrected chi connectivity index (χ1v) is 7.65. The van der Waals surface area contributed by atoms with Crippen LogP contribution in [0.1, 0.15) is 30.6 Å². The maximum Gasteiger partial charge on any atom is 0.253 e. The minimum atomic E-state index is 0.107. The van der Waals surface area contributed by atoms with Crippen LogP contribution < -0.4 is 4.90 Å². The van der Waals surface area contributed by atoms with Crippen LogP contribution in [0.25, 0.3) is 0 Å². The van der Waals surface area contributed by atoms with Gasteiger partial charge in [0, 0.05) is 45.0 Å². The van der Waals surface area contributed by atoms with Gasteiger partial charge in [0.25, 0.3) is 5.91 Å². The second-order valence-electron chi connectivity index (χ2n) is 6.33. The number of carbonyl (C=O) groups is 1. The van der Waals surface area contributed by atoms with Crippen molar-refractivity contribution in [3.8, 4) is 0 Å². The van der Waals surface area contributed by atoms with Crippen LogP contribution >= 0.6 is 0 Å². The SMILES string of the molecule is CC(C)COC1CCN(C(=O)c2ccc(N(C)C)cc2)C1. The molecule has 0 N–H and O–H groups in total. The molecule has 0 radical (unpaired) electrons. The summed E-state index contributed by atoms with van der Waals surface area (Å²) in [5.74, 6) is 0.643. The maximum atomic E-state index is 12.5. The Morgan fingerprint density at radius 1 is 1.33 bits per heavy atom. The first kappa shape index (κ1) is 15.8. The fourth-order valence-corrected chi connectivity index (χ4v) is 2.46. The van der Waals surface area contributed by atoms with Crippen molar-refractivity contribution < 1.29 is 9.53 Å². The lowest BCUT2D eigenvalue weighted by Crippen LogP contribution is -2.30. The van der Waals surface area contributed by atoms with Crippen molar-refractivity contribution in [2.45, 2.75) is 26.4 Å². The second-order valence-corrected chi connectivity index (χ2v) is 6.33. The molecule has 1 saturated heterocycles. The van der Waals surface area contributed by atoms with Crippen LogP contribution in [0.5, 0.6) is 0 Å². The Morgan fingerprint density at radius 3 is 2.57 bits per heavy atom. The summed E-state index contributed by atoms with van der Waals surface area (Å²) in [6, 6.07) is 7.77. The quantitative estimate of drug-likeness (QED) is 0.836. The van der Waals surface area contributed by atoms with Gasteiger partial charge in [0.05, 0.1) is 6.10 Å². The Labute approximate surface area is 127 Å². The van der Waals surface area contributed by atoms with Crippen LogP contribution in [0.2, 0.25) is 0 Å². The number of carbonyl (C=O) groups excluding carboxylic acids is 1. The fraction of sp³-hybridized carbons (Fsp3) is 0.588. The lowest BCUT2D eigenvalue weighted by Gasteiger charge is -2.18. The van der Waals surface area contributed by atoms with Gasteiger partial charge in [-0.3, -0.25) is 4.79 Å². The van der Waals surface area contributed by atoms with E-state index in [-0.39, 0.29) is 12.0 Å². The first-order valence-electron chi connectivity index (χ1n) is 7.65. The molecule has 1 aliphatic heterocycles. The largest absolute Gasteiger partial charge is 0.378 e. The molecule has 1 aromatic rings. The van der Waals surface area contributed by atoms with Gasteiger partial charge in [-0.05, 0) is 36.6 Å². The molecular formula is C17H26N2O2. The molecule has 1 aromatic carbocycles. The van der Waals surface area contributed by atoms with Gasteiger partial charge in [-0.15, -0.1) is 0 Å². The topological polar surface area (TPSA) is 32.8 Å². The summed E-state index contributed by atoms with van der Waals surface area (Å²) in [7, 11) is 3.99. The van der Waals surface area contributed by atoms with E-state index >= 15 is 0 Å². The lowest BCUT2D eigenvalue weighted by atomic mass is 10.2. The van der Waals surface area contributed by atoms with Crippen molar-refractivity contribution in [2.75, 3.05) is 38.7 Å². The number of ether oxygens (including phenoxy) is 1. The molecule has 0 aliphatic carbocycles. The second kappa shape index (κ2) is 6.94. The highest BCUT2D eigenvalue weighted by molar-refractivity contribution is 5.94. The molecule has 1 fully saturated rings. The Balaban J connectivity index is 1.92. The van der Waals surface area contributed by atoms with E-state index in [2.05, 4.69) is 13.8 Å². The first-order chi connectivity index (χ1) is 9.97. The molecule has 1 heterocycles. The molecule has 0 bridgehead atoms. The zero-order valence-electron chi connectivity index (χ0n) is 13.5. The maximum absolute atomic E-state index is 12.5. The average molecular weight is 290 g/mol. The van der Waals surface area contributed by atoms with E-state index < -0.39 is 0 Å². The minimum absolute atomic E-state index is 0.107. The van der Waals surface area contributed by atoms with Crippen molar-refractivity contribution >= 4 is 11.6 Å². The normalized spacial score (nSPS) is 18.3. The third-order valence-electron chi connectivity index (χ3n) is 3.73. The van der Waals surface area contributed by atoms with Crippen LogP contribution in [-0.4, -0.2) is 50.7 Å².